The standard InChI is InChI=1S/C72H140O17P2/c1-6-9-12-15-18-20-22-24-25-26-27-28-29-33-38-43-48-53-58-72(77)89-68(62-83-70(75)56-51-46-41-36-34-30-31-35-40-44-49-54-65(4)5)64-87-91(80,81)85-60-66(73)59-84-90(78,79)86-63-67(61-82-69(74)55-50-45-39-17-14-11-8-3)88-71(76)57-52-47-42-37-32-23-21-19-16-13-10-7-2/h65-68,73H,6-64H2,1-5H3,(H,78,79)(H,80,81)/t66-,67+,68+/m0/s1. The fourth-order valence-electron chi connectivity index (χ4n) is 11.0. The summed E-state index contributed by atoms with van der Waals surface area (Å²) >= 11 is 0. The van der Waals surface area contributed by atoms with E-state index in [9.17, 15) is 43.2 Å². The zero-order valence-electron chi connectivity index (χ0n) is 59.0. The van der Waals surface area contributed by atoms with Gasteiger partial charge in [-0.15, -0.1) is 0 Å². The summed E-state index contributed by atoms with van der Waals surface area (Å²) in [5.41, 5.74) is 0. The molecule has 0 aliphatic rings. The zero-order valence-corrected chi connectivity index (χ0v) is 60.8. The quantitative estimate of drug-likeness (QED) is 0.0222. The molecule has 17 nitrogen and oxygen atoms in total. The summed E-state index contributed by atoms with van der Waals surface area (Å²) in [6.45, 7) is 7.23. The number of phosphoric acid groups is 2. The Kier molecular flexibility index (Phi) is 64.0. The number of carbonyl (C=O) groups is 4. The van der Waals surface area contributed by atoms with Crippen LogP contribution < -0.4 is 0 Å². The second-order valence-electron chi connectivity index (χ2n) is 26.5. The van der Waals surface area contributed by atoms with Crippen LogP contribution in [0.2, 0.25) is 0 Å². The van der Waals surface area contributed by atoms with Gasteiger partial charge in [0.2, 0.25) is 0 Å². The van der Waals surface area contributed by atoms with Gasteiger partial charge < -0.3 is 33.8 Å². The topological polar surface area (TPSA) is 237 Å². The Bertz CT molecular complexity index is 1750. The van der Waals surface area contributed by atoms with E-state index in [1.165, 1.54) is 186 Å². The summed E-state index contributed by atoms with van der Waals surface area (Å²) in [4.78, 5) is 72.5. The number of rotatable bonds is 72. The molecule has 0 aromatic carbocycles. The van der Waals surface area contributed by atoms with E-state index in [2.05, 4.69) is 34.6 Å². The van der Waals surface area contributed by atoms with Crippen molar-refractivity contribution in [1.29, 1.82) is 0 Å². The number of esters is 4. The van der Waals surface area contributed by atoms with Crippen molar-refractivity contribution in [1.82, 2.24) is 0 Å². The lowest BCUT2D eigenvalue weighted by atomic mass is 10.0. The molecule has 0 bridgehead atoms. The lowest BCUT2D eigenvalue weighted by molar-refractivity contribution is -0.161. The minimum atomic E-state index is -4.95. The van der Waals surface area contributed by atoms with Gasteiger partial charge in [-0.1, -0.05) is 324 Å². The molecule has 0 fully saturated rings. The van der Waals surface area contributed by atoms with E-state index in [1.54, 1.807) is 0 Å². The molecule has 0 aliphatic heterocycles. The summed E-state index contributed by atoms with van der Waals surface area (Å²) in [5, 5.41) is 10.6. The highest BCUT2D eigenvalue weighted by atomic mass is 31.2. The van der Waals surface area contributed by atoms with Gasteiger partial charge in [-0.3, -0.25) is 37.3 Å². The smallest absolute Gasteiger partial charge is 0.462 e. The van der Waals surface area contributed by atoms with Crippen LogP contribution in [0, 0.1) is 5.92 Å². The van der Waals surface area contributed by atoms with Crippen molar-refractivity contribution in [2.45, 2.75) is 393 Å². The van der Waals surface area contributed by atoms with Crippen LogP contribution in [0.3, 0.4) is 0 Å². The molecule has 0 aromatic rings. The molecule has 540 valence electrons. The maximum absolute atomic E-state index is 13.0. The van der Waals surface area contributed by atoms with E-state index in [4.69, 9.17) is 37.0 Å². The van der Waals surface area contributed by atoms with Crippen LogP contribution in [0.5, 0.6) is 0 Å². The number of hydrogen-bond donors (Lipinski definition) is 3. The lowest BCUT2D eigenvalue weighted by Crippen LogP contribution is -2.30. The van der Waals surface area contributed by atoms with Crippen molar-refractivity contribution < 1.29 is 80.2 Å². The summed E-state index contributed by atoms with van der Waals surface area (Å²) in [5.74, 6) is -1.35. The Morgan fingerprint density at radius 2 is 0.505 bits per heavy atom. The first-order chi connectivity index (χ1) is 44.0. The van der Waals surface area contributed by atoms with Gasteiger partial charge in [0.15, 0.2) is 12.2 Å². The van der Waals surface area contributed by atoms with Crippen LogP contribution in [0.25, 0.3) is 0 Å². The van der Waals surface area contributed by atoms with Crippen molar-refractivity contribution in [3.8, 4) is 0 Å². The van der Waals surface area contributed by atoms with Crippen molar-refractivity contribution in [3.05, 3.63) is 0 Å². The average molecular weight is 1340 g/mol. The monoisotopic (exact) mass is 1340 g/mol. The van der Waals surface area contributed by atoms with Gasteiger partial charge in [0.05, 0.1) is 26.4 Å². The first-order valence-electron chi connectivity index (χ1n) is 37.6. The Hall–Kier alpha value is -1.94. The molecule has 91 heavy (non-hydrogen) atoms. The fourth-order valence-corrected chi connectivity index (χ4v) is 12.6. The average Bonchev–Trinajstić information content (AvgIpc) is 3.63. The predicted octanol–water partition coefficient (Wildman–Crippen LogP) is 20.9. The summed E-state index contributed by atoms with van der Waals surface area (Å²) in [6, 6.07) is 0. The summed E-state index contributed by atoms with van der Waals surface area (Å²) in [6.07, 6.45) is 52.8. The molecular formula is C72H140O17P2. The lowest BCUT2D eigenvalue weighted by Gasteiger charge is -2.21. The number of unbranched alkanes of at least 4 members (excludes halogenated alkanes) is 44. The highest BCUT2D eigenvalue weighted by Crippen LogP contribution is 2.45. The van der Waals surface area contributed by atoms with Crippen LogP contribution in [-0.4, -0.2) is 96.7 Å². The molecule has 5 atom stereocenters. The van der Waals surface area contributed by atoms with Gasteiger partial charge in [-0.2, -0.15) is 0 Å². The van der Waals surface area contributed by atoms with Crippen LogP contribution in [0.4, 0.5) is 0 Å². The van der Waals surface area contributed by atoms with Crippen molar-refractivity contribution in [2.75, 3.05) is 39.6 Å². The van der Waals surface area contributed by atoms with Gasteiger partial charge in [-0.05, 0) is 31.6 Å². The third-order valence-corrected chi connectivity index (χ3v) is 18.7. The molecule has 0 spiro atoms. The number of ether oxygens (including phenoxy) is 4. The molecule has 19 heteroatoms. The Labute approximate surface area is 556 Å². The first kappa shape index (κ1) is 89.1. The first-order valence-corrected chi connectivity index (χ1v) is 40.6. The van der Waals surface area contributed by atoms with Crippen LogP contribution in [0.15, 0.2) is 0 Å². The van der Waals surface area contributed by atoms with Crippen molar-refractivity contribution in [3.63, 3.8) is 0 Å². The molecule has 0 amide bonds. The molecule has 0 aromatic heterocycles. The molecule has 0 rings (SSSR count). The number of phosphoric ester groups is 2. The van der Waals surface area contributed by atoms with Gasteiger partial charge in [0, 0.05) is 25.7 Å². The van der Waals surface area contributed by atoms with Crippen LogP contribution >= 0.6 is 15.6 Å². The molecule has 0 saturated carbocycles. The third kappa shape index (κ3) is 66.5. The number of aliphatic hydroxyl groups excluding tert-OH is 1. The highest BCUT2D eigenvalue weighted by Gasteiger charge is 2.30. The van der Waals surface area contributed by atoms with Crippen LogP contribution in [-0.2, 0) is 65.4 Å². The minimum absolute atomic E-state index is 0.107. The van der Waals surface area contributed by atoms with Crippen molar-refractivity contribution in [2.24, 2.45) is 5.92 Å². The van der Waals surface area contributed by atoms with Gasteiger partial charge in [-0.25, -0.2) is 9.13 Å². The molecule has 2 unspecified atom stereocenters. The minimum Gasteiger partial charge on any atom is -0.462 e. The summed E-state index contributed by atoms with van der Waals surface area (Å²) < 4.78 is 68.3. The SMILES string of the molecule is CCCCCCCCCCCCCCCCCCCCC(=O)O[C@H](COC(=O)CCCCCCCCCCCCCC(C)C)COP(=O)(O)OC[C@@H](O)COP(=O)(O)OC[C@@H](COC(=O)CCCCCCCCC)OC(=O)CCCCCCCCCCCCCC. The largest absolute Gasteiger partial charge is 0.472 e. The molecule has 3 N–H and O–H groups in total. The molecule has 0 radical (unpaired) electrons. The Morgan fingerprint density at radius 1 is 0.297 bits per heavy atom. The van der Waals surface area contributed by atoms with E-state index < -0.39 is 97.5 Å². The van der Waals surface area contributed by atoms with Gasteiger partial charge in [0.1, 0.15) is 19.3 Å². The van der Waals surface area contributed by atoms with E-state index in [1.807, 2.05) is 0 Å². The van der Waals surface area contributed by atoms with E-state index in [0.717, 1.165) is 109 Å². The number of hydrogen-bond acceptors (Lipinski definition) is 15. The van der Waals surface area contributed by atoms with E-state index in [-0.39, 0.29) is 25.7 Å². The van der Waals surface area contributed by atoms with Gasteiger partial charge >= 0.3 is 39.5 Å². The number of carbonyl (C=O) groups excluding carboxylic acids is 4. The second-order valence-corrected chi connectivity index (χ2v) is 29.4. The molecule has 0 aliphatic carbocycles. The second kappa shape index (κ2) is 65.4. The summed E-state index contributed by atoms with van der Waals surface area (Å²) in [7, 11) is -9.90. The van der Waals surface area contributed by atoms with E-state index in [0.29, 0.717) is 25.7 Å². The molecule has 0 saturated heterocycles. The Balaban J connectivity index is 5.19. The predicted molar refractivity (Wildman–Crippen MR) is 368 cm³/mol. The van der Waals surface area contributed by atoms with Crippen LogP contribution in [0.1, 0.15) is 375 Å². The van der Waals surface area contributed by atoms with Gasteiger partial charge in [0.25, 0.3) is 0 Å². The third-order valence-electron chi connectivity index (χ3n) is 16.8. The Morgan fingerprint density at radius 3 is 0.747 bits per heavy atom. The maximum Gasteiger partial charge on any atom is 0.472 e. The maximum atomic E-state index is 13.0. The zero-order chi connectivity index (χ0) is 67.0. The van der Waals surface area contributed by atoms with Crippen molar-refractivity contribution >= 4 is 39.5 Å². The normalized spacial score (nSPS) is 14.0. The fraction of sp³-hybridized carbons (Fsp3) is 0.944. The molecular weight excluding hydrogens is 1200 g/mol. The molecule has 0 heterocycles. The number of aliphatic hydroxyl groups is 1. The van der Waals surface area contributed by atoms with E-state index >= 15 is 0 Å². The highest BCUT2D eigenvalue weighted by molar-refractivity contribution is 7.47.